The van der Waals surface area contributed by atoms with Crippen LogP contribution in [0.4, 0.5) is 34.1 Å². The third-order valence-corrected chi connectivity index (χ3v) is 19.0. The fraction of sp³-hybridized carbons (Fsp3) is 0.0725. The van der Waals surface area contributed by atoms with Gasteiger partial charge in [-0.05, 0) is 143 Å². The molecule has 4 aliphatic carbocycles. The molecular formula is C69H45BN2S. The number of para-hydroxylation sites is 2. The van der Waals surface area contributed by atoms with E-state index in [0.29, 0.717) is 0 Å². The molecule has 73 heavy (non-hydrogen) atoms. The Kier molecular flexibility index (Phi) is 7.80. The van der Waals surface area contributed by atoms with Crippen LogP contribution in [-0.2, 0) is 10.8 Å². The van der Waals surface area contributed by atoms with Gasteiger partial charge in [-0.3, -0.25) is 0 Å². The zero-order valence-electron chi connectivity index (χ0n) is 40.4. The number of hydrogen-bond donors (Lipinski definition) is 0. The van der Waals surface area contributed by atoms with Crippen LogP contribution in [-0.4, -0.2) is 6.71 Å². The van der Waals surface area contributed by atoms with Crippen LogP contribution < -0.4 is 25.5 Å². The van der Waals surface area contributed by atoms with Crippen molar-refractivity contribution in [1.29, 1.82) is 0 Å². The third-order valence-electron chi connectivity index (χ3n) is 17.6. The molecule has 0 fully saturated rings. The van der Waals surface area contributed by atoms with Crippen molar-refractivity contribution in [3.63, 3.8) is 0 Å². The van der Waals surface area contributed by atoms with Crippen LogP contribution in [0.5, 0.6) is 0 Å². The monoisotopic (exact) mass is 944 g/mol. The fourth-order valence-electron chi connectivity index (χ4n) is 14.9. The third kappa shape index (κ3) is 4.74. The molecule has 2 aliphatic heterocycles. The molecule has 2 nitrogen and oxygen atoms in total. The molecular weight excluding hydrogens is 900 g/mol. The second kappa shape index (κ2) is 14.2. The lowest BCUT2D eigenvalue weighted by Gasteiger charge is -2.44. The van der Waals surface area contributed by atoms with E-state index in [-0.39, 0.29) is 12.6 Å². The quantitative estimate of drug-likeness (QED) is 0.163. The Labute approximate surface area is 430 Å². The molecule has 6 aliphatic rings. The maximum Gasteiger partial charge on any atom is 0.264 e. The highest BCUT2D eigenvalue weighted by Crippen LogP contribution is 2.68. The SMILES string of the molecule is CC(C)c1cc2c3c(c1)N(c1ccccc1)c1c(sc4c1-c1ccccc1C41c4ccccc4-c4ccccc41)B3c1cc3c(cc1N2c1ccccc1)-c1ccccc1C31c2ccccc2-c2ccccc21. The highest BCUT2D eigenvalue weighted by Gasteiger charge is 2.58. The summed E-state index contributed by atoms with van der Waals surface area (Å²) in [5, 5.41) is 0. The highest BCUT2D eigenvalue weighted by atomic mass is 32.1. The van der Waals surface area contributed by atoms with Gasteiger partial charge in [0.2, 0.25) is 0 Å². The van der Waals surface area contributed by atoms with Gasteiger partial charge in [0.25, 0.3) is 6.71 Å². The minimum absolute atomic E-state index is 0.0687. The van der Waals surface area contributed by atoms with Crippen molar-refractivity contribution >= 4 is 67.9 Å². The van der Waals surface area contributed by atoms with Crippen molar-refractivity contribution in [1.82, 2.24) is 0 Å². The summed E-state index contributed by atoms with van der Waals surface area (Å²) in [7, 11) is 0. The Hall–Kier alpha value is -8.44. The molecule has 17 rings (SSSR count). The Balaban J connectivity index is 1.05. The molecule has 0 saturated heterocycles. The summed E-state index contributed by atoms with van der Waals surface area (Å²) in [5.41, 5.74) is 30.8. The molecule has 0 unspecified atom stereocenters. The summed E-state index contributed by atoms with van der Waals surface area (Å²) in [5.74, 6) is 0.288. The van der Waals surface area contributed by atoms with Crippen LogP contribution in [0.3, 0.4) is 0 Å². The topological polar surface area (TPSA) is 6.48 Å². The maximum atomic E-state index is 2.70. The molecule has 10 aromatic carbocycles. The average molecular weight is 945 g/mol. The second-order valence-corrected chi connectivity index (χ2v) is 22.2. The normalized spacial score (nSPS) is 15.2. The Bertz CT molecular complexity index is 4130. The van der Waals surface area contributed by atoms with Gasteiger partial charge in [-0.15, -0.1) is 11.3 Å². The lowest BCUT2D eigenvalue weighted by Crippen LogP contribution is -2.60. The second-order valence-electron chi connectivity index (χ2n) is 21.2. The van der Waals surface area contributed by atoms with E-state index >= 15 is 0 Å². The van der Waals surface area contributed by atoms with Crippen molar-refractivity contribution in [3.8, 4) is 44.5 Å². The molecule has 3 heterocycles. The van der Waals surface area contributed by atoms with Gasteiger partial charge in [-0.25, -0.2) is 0 Å². The van der Waals surface area contributed by atoms with E-state index < -0.39 is 10.8 Å². The zero-order chi connectivity index (χ0) is 47.9. The van der Waals surface area contributed by atoms with E-state index in [1.807, 2.05) is 0 Å². The highest BCUT2D eigenvalue weighted by molar-refractivity contribution is 7.30. The van der Waals surface area contributed by atoms with Crippen LogP contribution in [0.15, 0.2) is 231 Å². The maximum absolute atomic E-state index is 2.70. The lowest BCUT2D eigenvalue weighted by atomic mass is 9.35. The summed E-state index contributed by atoms with van der Waals surface area (Å²) >= 11 is 2.07. The Morgan fingerprint density at radius 2 is 0.795 bits per heavy atom. The summed E-state index contributed by atoms with van der Waals surface area (Å²) < 4.78 is 1.40. The van der Waals surface area contributed by atoms with E-state index in [4.69, 9.17) is 0 Å². The molecule has 0 bridgehead atoms. The van der Waals surface area contributed by atoms with Crippen LogP contribution in [0.2, 0.25) is 0 Å². The Morgan fingerprint density at radius 3 is 1.30 bits per heavy atom. The van der Waals surface area contributed by atoms with Crippen molar-refractivity contribution in [2.75, 3.05) is 9.80 Å². The van der Waals surface area contributed by atoms with Gasteiger partial charge < -0.3 is 9.80 Å². The predicted molar refractivity (Wildman–Crippen MR) is 305 cm³/mol. The number of fused-ring (bicyclic) bond motifs is 25. The van der Waals surface area contributed by atoms with Gasteiger partial charge in [-0.2, -0.15) is 0 Å². The van der Waals surface area contributed by atoms with E-state index in [2.05, 4.69) is 266 Å². The molecule has 0 radical (unpaired) electrons. The summed E-state index contributed by atoms with van der Waals surface area (Å²) in [6, 6.07) is 88.4. The standard InChI is InChI=1S/C69H45BN2S/c1-41(2)42-37-61-64-62(38-42)72(44-23-7-4-8-24-44)65-63-50-30-14-20-36-57(50)69(55-34-18-11-27-47(55)48-28-12-19-35-56(48)69)66(63)73-67(65)70(64)59-40-58-51(39-60(59)71(61)43-21-5-3-6-22-43)49-29-13-17-33-54(49)68(58)52-31-15-9-25-45(52)46-26-10-16-32-53(46)68/h3-41H,1-2H3. The largest absolute Gasteiger partial charge is 0.311 e. The molecule has 11 aromatic rings. The number of nitrogens with zero attached hydrogens (tertiary/aromatic N) is 2. The molecule has 0 saturated carbocycles. The zero-order valence-corrected chi connectivity index (χ0v) is 41.2. The molecule has 340 valence electrons. The molecule has 1 aromatic heterocycles. The van der Waals surface area contributed by atoms with Gasteiger partial charge in [0, 0.05) is 43.7 Å². The first-order chi connectivity index (χ1) is 36.1. The molecule has 2 spiro atoms. The van der Waals surface area contributed by atoms with Crippen molar-refractivity contribution in [3.05, 3.63) is 280 Å². The molecule has 0 amide bonds. The van der Waals surface area contributed by atoms with Gasteiger partial charge in [0.15, 0.2) is 0 Å². The smallest absolute Gasteiger partial charge is 0.264 e. The predicted octanol–water partition coefficient (Wildman–Crippen LogP) is 15.6. The van der Waals surface area contributed by atoms with Gasteiger partial charge in [-0.1, -0.05) is 202 Å². The number of hydrogen-bond acceptors (Lipinski definition) is 3. The van der Waals surface area contributed by atoms with Gasteiger partial charge in [0.1, 0.15) is 0 Å². The summed E-state index contributed by atoms with van der Waals surface area (Å²) in [6.07, 6.45) is 0. The van der Waals surface area contributed by atoms with E-state index in [1.54, 1.807) is 0 Å². The lowest BCUT2D eigenvalue weighted by molar-refractivity contribution is 0.794. The van der Waals surface area contributed by atoms with E-state index in [9.17, 15) is 0 Å². The van der Waals surface area contributed by atoms with Crippen molar-refractivity contribution in [2.24, 2.45) is 0 Å². The fourth-order valence-corrected chi connectivity index (χ4v) is 16.5. The molecule has 0 N–H and O–H groups in total. The minimum atomic E-state index is -0.485. The first-order valence-corrected chi connectivity index (χ1v) is 26.7. The molecule has 4 heteroatoms. The first-order valence-electron chi connectivity index (χ1n) is 25.9. The summed E-state index contributed by atoms with van der Waals surface area (Å²) in [4.78, 5) is 6.72. The molecule has 0 atom stereocenters. The van der Waals surface area contributed by atoms with Crippen molar-refractivity contribution in [2.45, 2.75) is 30.6 Å². The van der Waals surface area contributed by atoms with Crippen LogP contribution >= 0.6 is 11.3 Å². The van der Waals surface area contributed by atoms with Gasteiger partial charge in [0.05, 0.1) is 16.5 Å². The van der Waals surface area contributed by atoms with E-state index in [0.717, 1.165) is 0 Å². The number of benzene rings is 10. The van der Waals surface area contributed by atoms with Crippen LogP contribution in [0.25, 0.3) is 44.5 Å². The van der Waals surface area contributed by atoms with Crippen LogP contribution in [0.1, 0.15) is 69.2 Å². The number of rotatable bonds is 3. The van der Waals surface area contributed by atoms with E-state index in [1.165, 1.54) is 144 Å². The Morgan fingerprint density at radius 1 is 0.384 bits per heavy atom. The average Bonchev–Trinajstić information content (AvgIpc) is 4.23. The first kappa shape index (κ1) is 40.2. The van der Waals surface area contributed by atoms with Crippen molar-refractivity contribution < 1.29 is 0 Å². The van der Waals surface area contributed by atoms with Gasteiger partial charge >= 0.3 is 0 Å². The number of anilines is 6. The summed E-state index contributed by atoms with van der Waals surface area (Å²) in [6.45, 7) is 4.64. The minimum Gasteiger partial charge on any atom is -0.311 e. The van der Waals surface area contributed by atoms with Crippen LogP contribution in [0, 0.1) is 0 Å². The number of thiophene rings is 1.